The summed E-state index contributed by atoms with van der Waals surface area (Å²) in [7, 11) is 0. The smallest absolute Gasteiger partial charge is 0.250 e. The maximum atomic E-state index is 12.2. The molecular formula is C17H17F2N5O2S. The predicted molar refractivity (Wildman–Crippen MR) is 96.6 cm³/mol. The fourth-order valence-corrected chi connectivity index (χ4v) is 3.47. The van der Waals surface area contributed by atoms with Gasteiger partial charge in [0.15, 0.2) is 11.5 Å². The molecule has 27 heavy (non-hydrogen) atoms. The third-order valence-corrected chi connectivity index (χ3v) is 5.18. The Labute approximate surface area is 157 Å². The van der Waals surface area contributed by atoms with Crippen molar-refractivity contribution < 1.29 is 18.7 Å². The van der Waals surface area contributed by atoms with Crippen LogP contribution in [-0.2, 0) is 4.79 Å². The fourth-order valence-electron chi connectivity index (χ4n) is 2.61. The van der Waals surface area contributed by atoms with Crippen LogP contribution in [0, 0.1) is 5.92 Å². The summed E-state index contributed by atoms with van der Waals surface area (Å²) in [5.74, 6) is 0.556. The van der Waals surface area contributed by atoms with Crippen LogP contribution in [0.25, 0.3) is 16.9 Å². The topological polar surface area (TPSA) is 91.6 Å². The van der Waals surface area contributed by atoms with Gasteiger partial charge in [-0.3, -0.25) is 15.1 Å². The minimum absolute atomic E-state index is 0.0145. The maximum Gasteiger partial charge on any atom is 0.250 e. The zero-order valence-corrected chi connectivity index (χ0v) is 14.9. The number of aliphatic hydroxyl groups is 1. The minimum atomic E-state index is -2.53. The summed E-state index contributed by atoms with van der Waals surface area (Å²) in [4.78, 5) is 21.0. The van der Waals surface area contributed by atoms with Crippen LogP contribution < -0.4 is 10.6 Å². The molecule has 1 aliphatic carbocycles. The largest absolute Gasteiger partial charge is 0.373 e. The van der Waals surface area contributed by atoms with Gasteiger partial charge in [-0.2, -0.15) is 0 Å². The molecule has 142 valence electrons. The molecule has 3 aromatic rings. The average Bonchev–Trinajstić information content (AvgIpc) is 3.24. The second-order valence-electron chi connectivity index (χ2n) is 6.37. The van der Waals surface area contributed by atoms with Crippen LogP contribution in [0.4, 0.5) is 14.6 Å². The van der Waals surface area contributed by atoms with Crippen LogP contribution in [0.5, 0.6) is 0 Å². The van der Waals surface area contributed by atoms with E-state index in [0.29, 0.717) is 22.0 Å². The van der Waals surface area contributed by atoms with Gasteiger partial charge in [0.25, 0.3) is 6.43 Å². The molecule has 1 aliphatic rings. The summed E-state index contributed by atoms with van der Waals surface area (Å²) in [6.45, 7) is -0.580. The van der Waals surface area contributed by atoms with Gasteiger partial charge in [0, 0.05) is 27.9 Å². The number of imidazole rings is 1. The summed E-state index contributed by atoms with van der Waals surface area (Å²) in [6, 6.07) is 1.70. The number of amides is 1. The summed E-state index contributed by atoms with van der Waals surface area (Å²) < 4.78 is 26.2. The Morgan fingerprint density at radius 3 is 2.96 bits per heavy atom. The second-order valence-corrected chi connectivity index (χ2v) is 7.31. The van der Waals surface area contributed by atoms with Crippen molar-refractivity contribution in [1.29, 1.82) is 0 Å². The number of aromatic nitrogens is 3. The molecule has 1 atom stereocenters. The van der Waals surface area contributed by atoms with Gasteiger partial charge in [-0.05, 0) is 18.9 Å². The molecule has 1 amide bonds. The van der Waals surface area contributed by atoms with E-state index in [9.17, 15) is 18.7 Å². The molecule has 1 fully saturated rings. The first-order valence-corrected chi connectivity index (χ1v) is 9.31. The van der Waals surface area contributed by atoms with Crippen molar-refractivity contribution >= 4 is 28.7 Å². The third-order valence-electron chi connectivity index (χ3n) is 4.19. The zero-order valence-electron chi connectivity index (χ0n) is 14.1. The van der Waals surface area contributed by atoms with Gasteiger partial charge in [0.2, 0.25) is 5.91 Å². The van der Waals surface area contributed by atoms with Crippen LogP contribution in [-0.4, -0.2) is 38.4 Å². The number of nitrogens with zero attached hydrogens (tertiary/aromatic N) is 3. The fraction of sp³-hybridized carbons (Fsp3) is 0.353. The van der Waals surface area contributed by atoms with E-state index in [0.717, 1.165) is 18.4 Å². The molecule has 3 heterocycles. The van der Waals surface area contributed by atoms with E-state index >= 15 is 0 Å². The lowest BCUT2D eigenvalue weighted by Gasteiger charge is -2.09. The number of thiophene rings is 1. The van der Waals surface area contributed by atoms with Gasteiger partial charge in [0.05, 0.1) is 24.6 Å². The Kier molecular flexibility index (Phi) is 4.85. The molecule has 1 unspecified atom stereocenters. The lowest BCUT2D eigenvalue weighted by atomic mass is 10.2. The average molecular weight is 393 g/mol. The molecule has 3 N–H and O–H groups in total. The van der Waals surface area contributed by atoms with Crippen molar-refractivity contribution in [3.63, 3.8) is 0 Å². The highest BCUT2D eigenvalue weighted by molar-refractivity contribution is 7.10. The SMILES string of the molecule is O=C(Nc1cn2cc(-c3csc(C(O)NCC(F)F)c3)ncc2n1)C1CC1. The number of halogens is 2. The van der Waals surface area contributed by atoms with E-state index in [-0.39, 0.29) is 11.8 Å². The third kappa shape index (κ3) is 4.12. The first kappa shape index (κ1) is 18.0. The molecule has 0 spiro atoms. The van der Waals surface area contributed by atoms with Gasteiger partial charge < -0.3 is 14.8 Å². The molecule has 0 bridgehead atoms. The lowest BCUT2D eigenvalue weighted by Crippen LogP contribution is -2.25. The van der Waals surface area contributed by atoms with Gasteiger partial charge in [-0.25, -0.2) is 13.8 Å². The highest BCUT2D eigenvalue weighted by Crippen LogP contribution is 2.30. The number of fused-ring (bicyclic) bond motifs is 1. The Morgan fingerprint density at radius 1 is 1.41 bits per heavy atom. The predicted octanol–water partition coefficient (Wildman–Crippen LogP) is 2.65. The highest BCUT2D eigenvalue weighted by Gasteiger charge is 2.30. The van der Waals surface area contributed by atoms with Crippen LogP contribution in [0.2, 0.25) is 0 Å². The maximum absolute atomic E-state index is 12.2. The standard InChI is InChI=1S/C17H17F2N5O2S/c18-13(19)4-21-17(26)12-3-10(8-27-12)11-6-24-7-14(22-15(24)5-20-11)23-16(25)9-1-2-9/h3,5-9,13,17,21,26H,1-2,4H2,(H,23,25). The van der Waals surface area contributed by atoms with E-state index < -0.39 is 19.2 Å². The Morgan fingerprint density at radius 2 is 2.22 bits per heavy atom. The van der Waals surface area contributed by atoms with Crippen LogP contribution >= 0.6 is 11.3 Å². The van der Waals surface area contributed by atoms with Gasteiger partial charge in [-0.15, -0.1) is 11.3 Å². The van der Waals surface area contributed by atoms with Crippen LogP contribution in [0.1, 0.15) is 23.9 Å². The summed E-state index contributed by atoms with van der Waals surface area (Å²) in [6.07, 6.45) is 3.23. The normalized spacial score (nSPS) is 15.4. The van der Waals surface area contributed by atoms with Crippen molar-refractivity contribution in [2.45, 2.75) is 25.5 Å². The minimum Gasteiger partial charge on any atom is -0.373 e. The summed E-state index contributed by atoms with van der Waals surface area (Å²) in [5, 5.41) is 16.9. The molecule has 4 rings (SSSR count). The van der Waals surface area contributed by atoms with Crippen molar-refractivity contribution in [2.75, 3.05) is 11.9 Å². The number of alkyl halides is 2. The molecule has 0 saturated heterocycles. The van der Waals surface area contributed by atoms with E-state index in [1.165, 1.54) is 11.3 Å². The van der Waals surface area contributed by atoms with Crippen molar-refractivity contribution in [3.05, 3.63) is 34.9 Å². The van der Waals surface area contributed by atoms with E-state index in [2.05, 4.69) is 20.6 Å². The lowest BCUT2D eigenvalue weighted by molar-refractivity contribution is -0.117. The monoisotopic (exact) mass is 393 g/mol. The van der Waals surface area contributed by atoms with Crippen LogP contribution in [0.15, 0.2) is 30.0 Å². The number of hydrogen-bond donors (Lipinski definition) is 3. The second kappa shape index (κ2) is 7.29. The first-order chi connectivity index (χ1) is 13.0. The summed E-state index contributed by atoms with van der Waals surface area (Å²) in [5.41, 5.74) is 1.99. The molecule has 7 nitrogen and oxygen atoms in total. The quantitative estimate of drug-likeness (QED) is 0.537. The number of rotatable bonds is 7. The summed E-state index contributed by atoms with van der Waals surface area (Å²) >= 11 is 1.25. The number of anilines is 1. The molecule has 0 radical (unpaired) electrons. The Bertz CT molecular complexity index is 969. The van der Waals surface area contributed by atoms with E-state index in [4.69, 9.17) is 0 Å². The number of hydrogen-bond acceptors (Lipinski definition) is 6. The molecule has 0 aromatic carbocycles. The van der Waals surface area contributed by atoms with Gasteiger partial charge in [-0.1, -0.05) is 0 Å². The molecule has 1 saturated carbocycles. The number of carbonyl (C=O) groups is 1. The van der Waals surface area contributed by atoms with E-state index in [1.807, 2.05) is 0 Å². The van der Waals surface area contributed by atoms with E-state index in [1.54, 1.807) is 34.4 Å². The molecule has 10 heteroatoms. The van der Waals surface area contributed by atoms with Crippen LogP contribution in [0.3, 0.4) is 0 Å². The van der Waals surface area contributed by atoms with Gasteiger partial charge in [0.1, 0.15) is 6.23 Å². The van der Waals surface area contributed by atoms with Crippen molar-refractivity contribution in [3.8, 4) is 11.3 Å². The highest BCUT2D eigenvalue weighted by atomic mass is 32.1. The Balaban J connectivity index is 1.51. The number of aliphatic hydroxyl groups excluding tert-OH is 1. The number of carbonyl (C=O) groups excluding carboxylic acids is 1. The molecule has 3 aromatic heterocycles. The Hall–Kier alpha value is -2.43. The molecular weight excluding hydrogens is 376 g/mol. The first-order valence-electron chi connectivity index (χ1n) is 8.43. The van der Waals surface area contributed by atoms with Crippen molar-refractivity contribution in [2.24, 2.45) is 5.92 Å². The van der Waals surface area contributed by atoms with Crippen molar-refractivity contribution in [1.82, 2.24) is 19.7 Å². The van der Waals surface area contributed by atoms with Gasteiger partial charge >= 0.3 is 0 Å². The number of nitrogens with one attached hydrogen (secondary N) is 2. The molecule has 0 aliphatic heterocycles. The zero-order chi connectivity index (χ0) is 19.0.